The number of nitrogens with zero attached hydrogens (tertiary/aromatic N) is 1. The molecule has 1 aromatic carbocycles. The van der Waals surface area contributed by atoms with Gasteiger partial charge in [-0.3, -0.25) is 10.1 Å². The summed E-state index contributed by atoms with van der Waals surface area (Å²) in [5.74, 6) is 0.551. The number of rotatable bonds is 3. The summed E-state index contributed by atoms with van der Waals surface area (Å²) in [6.45, 7) is 0. The van der Waals surface area contributed by atoms with Crippen LogP contribution in [-0.2, 0) is 0 Å². The smallest absolute Gasteiger partial charge is 0.274 e. The summed E-state index contributed by atoms with van der Waals surface area (Å²) in [5, 5.41) is 11.1. The Balaban J connectivity index is 1.79. The van der Waals surface area contributed by atoms with E-state index in [0.717, 1.165) is 19.3 Å². The van der Waals surface area contributed by atoms with Gasteiger partial charge in [0, 0.05) is 27.8 Å². The normalized spacial score (nSPS) is 27.1. The molecule has 4 nitrogen and oxygen atoms in total. The van der Waals surface area contributed by atoms with Gasteiger partial charge in [-0.25, -0.2) is 0 Å². The van der Waals surface area contributed by atoms with Crippen LogP contribution in [0, 0.1) is 15.5 Å². The molecule has 0 saturated heterocycles. The maximum absolute atomic E-state index is 10.9. The molecule has 0 aromatic heterocycles. The van der Waals surface area contributed by atoms with Gasteiger partial charge in [-0.05, 0) is 18.9 Å². The predicted molar refractivity (Wildman–Crippen MR) is 85.0 cm³/mol. The van der Waals surface area contributed by atoms with Crippen LogP contribution in [0.1, 0.15) is 38.5 Å². The first kappa shape index (κ1) is 15.1. The predicted octanol–water partition coefficient (Wildman–Crippen LogP) is 5.07. The van der Waals surface area contributed by atoms with Crippen LogP contribution in [0.2, 0.25) is 0 Å². The summed E-state index contributed by atoms with van der Waals surface area (Å²) < 4.78 is 6.73. The molecule has 3 rings (SSSR count). The Morgan fingerprint density at radius 1 is 1.29 bits per heavy atom. The Bertz CT molecular complexity index is 560. The van der Waals surface area contributed by atoms with E-state index in [9.17, 15) is 10.1 Å². The highest BCUT2D eigenvalue weighted by molar-refractivity contribution is 9.10. The van der Waals surface area contributed by atoms with Crippen molar-refractivity contribution < 1.29 is 9.66 Å². The van der Waals surface area contributed by atoms with Crippen molar-refractivity contribution in [3.8, 4) is 5.75 Å². The lowest BCUT2D eigenvalue weighted by Crippen LogP contribution is -2.58. The van der Waals surface area contributed by atoms with E-state index in [-0.39, 0.29) is 22.6 Å². The molecule has 21 heavy (non-hydrogen) atoms. The van der Waals surface area contributed by atoms with Crippen molar-refractivity contribution in [2.24, 2.45) is 5.41 Å². The van der Waals surface area contributed by atoms with Gasteiger partial charge in [0.05, 0.1) is 11.0 Å². The van der Waals surface area contributed by atoms with Crippen LogP contribution in [0.4, 0.5) is 5.69 Å². The van der Waals surface area contributed by atoms with Gasteiger partial charge in [0.2, 0.25) is 0 Å². The highest BCUT2D eigenvalue weighted by atomic mass is 79.9. The topological polar surface area (TPSA) is 52.4 Å². The van der Waals surface area contributed by atoms with Crippen molar-refractivity contribution in [1.82, 2.24) is 0 Å². The van der Waals surface area contributed by atoms with Gasteiger partial charge < -0.3 is 4.74 Å². The highest BCUT2D eigenvalue weighted by Gasteiger charge is 2.55. The first-order valence-corrected chi connectivity index (χ1v) is 8.50. The molecule has 0 amide bonds. The van der Waals surface area contributed by atoms with E-state index in [1.54, 1.807) is 6.07 Å². The molecule has 0 N–H and O–H groups in total. The lowest BCUT2D eigenvalue weighted by molar-refractivity contribution is -0.385. The van der Waals surface area contributed by atoms with Crippen LogP contribution in [0.3, 0.4) is 0 Å². The van der Waals surface area contributed by atoms with Crippen LogP contribution >= 0.6 is 27.5 Å². The first-order valence-electron chi connectivity index (χ1n) is 7.27. The molecule has 0 radical (unpaired) electrons. The molecule has 2 unspecified atom stereocenters. The number of halogens is 2. The number of benzene rings is 1. The van der Waals surface area contributed by atoms with Crippen molar-refractivity contribution in [2.45, 2.75) is 50.0 Å². The third-order valence-corrected chi connectivity index (χ3v) is 5.89. The molecule has 0 bridgehead atoms. The summed E-state index contributed by atoms with van der Waals surface area (Å²) in [7, 11) is 0. The molecule has 6 heteroatoms. The minimum atomic E-state index is -0.404. The molecule has 0 aliphatic heterocycles. The van der Waals surface area contributed by atoms with E-state index in [1.807, 2.05) is 0 Å². The Morgan fingerprint density at radius 2 is 2.00 bits per heavy atom. The highest BCUT2D eigenvalue weighted by Crippen LogP contribution is 2.55. The summed E-state index contributed by atoms with van der Waals surface area (Å²) in [6.07, 6.45) is 6.75. The van der Waals surface area contributed by atoms with Gasteiger partial charge in [-0.15, -0.1) is 11.6 Å². The number of nitro groups is 1. The summed E-state index contributed by atoms with van der Waals surface area (Å²) in [4.78, 5) is 10.5. The fourth-order valence-corrected chi connectivity index (χ4v) is 4.58. The molecule has 2 aliphatic carbocycles. The van der Waals surface area contributed by atoms with E-state index in [2.05, 4.69) is 15.9 Å². The summed E-state index contributed by atoms with van der Waals surface area (Å²) in [6, 6.07) is 4.75. The first-order chi connectivity index (χ1) is 10.0. The Morgan fingerprint density at radius 3 is 2.62 bits per heavy atom. The standard InChI is InChI=1S/C15H17BrClNO3/c16-10-6-11(18(19)20)8-12(7-10)21-14-9-13(17)15(14)4-2-1-3-5-15/h6-8,13-14H,1-5,9H2. The number of hydrogen-bond donors (Lipinski definition) is 0. The van der Waals surface area contributed by atoms with Crippen molar-refractivity contribution in [2.75, 3.05) is 0 Å². The molecule has 1 spiro atoms. The quantitative estimate of drug-likeness (QED) is 0.422. The lowest BCUT2D eigenvalue weighted by atomic mass is 9.58. The second-order valence-corrected chi connectivity index (χ2v) is 7.45. The van der Waals surface area contributed by atoms with Gasteiger partial charge in [0.15, 0.2) is 0 Å². The Labute approximate surface area is 137 Å². The molecule has 0 heterocycles. The number of hydrogen-bond acceptors (Lipinski definition) is 3. The average molecular weight is 375 g/mol. The fraction of sp³-hybridized carbons (Fsp3) is 0.600. The van der Waals surface area contributed by atoms with Gasteiger partial charge in [-0.1, -0.05) is 35.2 Å². The number of alkyl halides is 1. The third-order valence-electron chi connectivity index (χ3n) is 4.82. The van der Waals surface area contributed by atoms with Crippen molar-refractivity contribution in [1.29, 1.82) is 0 Å². The average Bonchev–Trinajstić information content (AvgIpc) is 2.47. The van der Waals surface area contributed by atoms with Crippen molar-refractivity contribution >= 4 is 33.2 Å². The van der Waals surface area contributed by atoms with E-state index in [1.165, 1.54) is 31.4 Å². The van der Waals surface area contributed by atoms with E-state index >= 15 is 0 Å². The van der Waals surface area contributed by atoms with Gasteiger partial charge in [0.25, 0.3) is 5.69 Å². The zero-order chi connectivity index (χ0) is 15.0. The van der Waals surface area contributed by atoms with E-state index in [4.69, 9.17) is 16.3 Å². The molecule has 114 valence electrons. The molecule has 1 aromatic rings. The molecule has 2 atom stereocenters. The van der Waals surface area contributed by atoms with Crippen LogP contribution in [-0.4, -0.2) is 16.4 Å². The Kier molecular flexibility index (Phi) is 4.14. The second kappa shape index (κ2) is 5.76. The minimum absolute atomic E-state index is 0.0406. The SMILES string of the molecule is O=[N+]([O-])c1cc(Br)cc(OC2CC(Cl)C23CCCCC3)c1. The van der Waals surface area contributed by atoms with Crippen LogP contribution in [0.5, 0.6) is 5.75 Å². The molecular weight excluding hydrogens is 358 g/mol. The number of nitro benzene ring substituents is 1. The maximum atomic E-state index is 10.9. The van der Waals surface area contributed by atoms with Crippen LogP contribution < -0.4 is 4.74 Å². The monoisotopic (exact) mass is 373 g/mol. The van der Waals surface area contributed by atoms with E-state index < -0.39 is 4.92 Å². The molecule has 2 fully saturated rings. The Hall–Kier alpha value is -0.810. The van der Waals surface area contributed by atoms with Crippen LogP contribution in [0.25, 0.3) is 0 Å². The van der Waals surface area contributed by atoms with Gasteiger partial charge in [0.1, 0.15) is 11.9 Å². The minimum Gasteiger partial charge on any atom is -0.489 e. The summed E-state index contributed by atoms with van der Waals surface area (Å²) >= 11 is 9.76. The number of non-ortho nitro benzene ring substituents is 1. The zero-order valence-corrected chi connectivity index (χ0v) is 13.9. The molecule has 2 saturated carbocycles. The fourth-order valence-electron chi connectivity index (χ4n) is 3.59. The van der Waals surface area contributed by atoms with Crippen LogP contribution in [0.15, 0.2) is 22.7 Å². The molecular formula is C15H17BrClNO3. The van der Waals surface area contributed by atoms with Gasteiger partial charge >= 0.3 is 0 Å². The zero-order valence-electron chi connectivity index (χ0n) is 11.6. The second-order valence-electron chi connectivity index (χ2n) is 6.01. The summed E-state index contributed by atoms with van der Waals surface area (Å²) in [5.41, 5.74) is 0.107. The largest absolute Gasteiger partial charge is 0.489 e. The third kappa shape index (κ3) is 2.78. The van der Waals surface area contributed by atoms with Crippen molar-refractivity contribution in [3.63, 3.8) is 0 Å². The number of ether oxygens (including phenoxy) is 1. The van der Waals surface area contributed by atoms with Gasteiger partial charge in [-0.2, -0.15) is 0 Å². The van der Waals surface area contributed by atoms with Crippen molar-refractivity contribution in [3.05, 3.63) is 32.8 Å². The maximum Gasteiger partial charge on any atom is 0.274 e. The molecule has 2 aliphatic rings. The van der Waals surface area contributed by atoms with E-state index in [0.29, 0.717) is 10.2 Å². The lowest BCUT2D eigenvalue weighted by Gasteiger charge is -2.55.